The molecule has 0 radical (unpaired) electrons. The van der Waals surface area contributed by atoms with Crippen molar-refractivity contribution in [2.75, 3.05) is 6.54 Å². The van der Waals surface area contributed by atoms with E-state index in [4.69, 9.17) is 20.5 Å². The minimum Gasteiger partial charge on any atom is -0.480 e. The molecule has 1 fully saturated rings. The second-order valence-electron chi connectivity index (χ2n) is 8.86. The normalized spacial score (nSPS) is 25.6. The number of carboxylic acid groups (broad SMARTS) is 1. The Morgan fingerprint density at radius 3 is 2.41 bits per heavy atom. The fourth-order valence-corrected chi connectivity index (χ4v) is 3.54. The lowest BCUT2D eigenvalue weighted by atomic mass is 9.66. The van der Waals surface area contributed by atoms with Crippen molar-refractivity contribution in [3.8, 4) is 0 Å². The van der Waals surface area contributed by atoms with Crippen LogP contribution in [0.4, 0.5) is 4.79 Å². The van der Waals surface area contributed by atoms with Crippen LogP contribution in [0.3, 0.4) is 0 Å². The van der Waals surface area contributed by atoms with Crippen LogP contribution in [-0.4, -0.2) is 64.0 Å². The fraction of sp³-hybridized carbons (Fsp3) is 0.833. The van der Waals surface area contributed by atoms with Crippen LogP contribution in [-0.2, 0) is 14.3 Å². The van der Waals surface area contributed by atoms with Gasteiger partial charge in [-0.3, -0.25) is 9.59 Å². The second-order valence-corrected chi connectivity index (χ2v) is 8.86. The van der Waals surface area contributed by atoms with Gasteiger partial charge < -0.3 is 36.3 Å². The number of hydrogen-bond acceptors (Lipinski definition) is 7. The summed E-state index contributed by atoms with van der Waals surface area (Å²) in [6, 6.07) is -0.857. The van der Waals surface area contributed by atoms with Crippen molar-refractivity contribution in [3.63, 3.8) is 0 Å². The van der Waals surface area contributed by atoms with Crippen molar-refractivity contribution < 1.29 is 34.3 Å². The zero-order valence-electron chi connectivity index (χ0n) is 17.6. The number of carbonyl (C=O) groups excluding carboxylic acids is 2. The third kappa shape index (κ3) is 8.19. The summed E-state index contributed by atoms with van der Waals surface area (Å²) in [4.78, 5) is 35.9. The molecular weight excluding hydrogens is 381 g/mol. The number of hydrogen-bond donors (Lipinski definition) is 6. The number of amides is 2. The molecule has 7 N–H and O–H groups in total. The number of rotatable bonds is 8. The van der Waals surface area contributed by atoms with Crippen LogP contribution >= 0.6 is 0 Å². The summed E-state index contributed by atoms with van der Waals surface area (Å²) in [5.41, 5.74) is 3.99. The van der Waals surface area contributed by atoms with E-state index < -0.39 is 48.2 Å². The summed E-state index contributed by atoms with van der Waals surface area (Å²) >= 11 is 0. The van der Waals surface area contributed by atoms with Crippen molar-refractivity contribution in [1.29, 1.82) is 0 Å². The largest absolute Gasteiger partial charge is 0.480 e. The molecule has 0 heterocycles. The number of nitrogens with two attached hydrogens (primary N) is 1. The van der Waals surface area contributed by atoms with Crippen molar-refractivity contribution in [3.05, 3.63) is 0 Å². The van der Waals surface area contributed by atoms with Gasteiger partial charge in [0.05, 0.1) is 0 Å². The van der Waals surface area contributed by atoms with Gasteiger partial charge in [-0.2, -0.15) is 0 Å². The van der Waals surface area contributed by atoms with Gasteiger partial charge in [0, 0.05) is 12.5 Å². The predicted molar refractivity (Wildman–Crippen MR) is 107 cm³/mol. The maximum Gasteiger partial charge on any atom is 0.451 e. The van der Waals surface area contributed by atoms with Crippen molar-refractivity contribution >= 4 is 25.1 Å². The van der Waals surface area contributed by atoms with Gasteiger partial charge in [-0.05, 0) is 59.2 Å². The Morgan fingerprint density at radius 2 is 1.90 bits per heavy atom. The quantitative estimate of drug-likeness (QED) is 0.303. The first-order chi connectivity index (χ1) is 13.2. The molecule has 2 amide bonds. The predicted octanol–water partition coefficient (Wildman–Crippen LogP) is 0.0771. The molecule has 0 aliphatic heterocycles. The molecule has 10 nitrogen and oxygen atoms in total. The van der Waals surface area contributed by atoms with Crippen molar-refractivity contribution in [2.45, 2.75) is 76.9 Å². The molecule has 11 heteroatoms. The highest BCUT2D eigenvalue weighted by atomic mass is 16.6. The minimum absolute atomic E-state index is 0.0300. The molecule has 0 unspecified atom stereocenters. The van der Waals surface area contributed by atoms with E-state index in [2.05, 4.69) is 10.6 Å². The van der Waals surface area contributed by atoms with Gasteiger partial charge in [0.25, 0.3) is 0 Å². The third-order valence-electron chi connectivity index (χ3n) is 5.16. The number of aliphatic carboxylic acids is 1. The Hall–Kier alpha value is -1.85. The summed E-state index contributed by atoms with van der Waals surface area (Å²) in [7, 11) is -1.43. The molecular formula is C18H34BN3O7. The highest BCUT2D eigenvalue weighted by Gasteiger charge is 2.47. The molecule has 1 aliphatic rings. The van der Waals surface area contributed by atoms with Gasteiger partial charge >= 0.3 is 19.2 Å². The number of ether oxygens (including phenoxy) is 1. The van der Waals surface area contributed by atoms with Crippen LogP contribution in [0.5, 0.6) is 0 Å². The van der Waals surface area contributed by atoms with Gasteiger partial charge in [-0.15, -0.1) is 0 Å². The smallest absolute Gasteiger partial charge is 0.451 e. The van der Waals surface area contributed by atoms with Crippen LogP contribution in [0.1, 0.15) is 53.4 Å². The maximum atomic E-state index is 12.3. The topological polar surface area (TPSA) is 171 Å². The molecule has 29 heavy (non-hydrogen) atoms. The van der Waals surface area contributed by atoms with E-state index in [0.717, 1.165) is 0 Å². The first-order valence-electron chi connectivity index (χ1n) is 9.90. The third-order valence-corrected chi connectivity index (χ3v) is 5.16. The Morgan fingerprint density at radius 1 is 1.28 bits per heavy atom. The van der Waals surface area contributed by atoms with E-state index >= 15 is 0 Å². The van der Waals surface area contributed by atoms with E-state index in [1.165, 1.54) is 6.92 Å². The van der Waals surface area contributed by atoms with E-state index in [-0.39, 0.29) is 25.2 Å². The van der Waals surface area contributed by atoms with Gasteiger partial charge in [-0.25, -0.2) is 4.79 Å². The van der Waals surface area contributed by atoms with Crippen molar-refractivity contribution in [2.24, 2.45) is 17.6 Å². The van der Waals surface area contributed by atoms with E-state index in [0.29, 0.717) is 19.3 Å². The zero-order valence-corrected chi connectivity index (χ0v) is 17.6. The lowest BCUT2D eigenvalue weighted by molar-refractivity contribution is -0.148. The summed E-state index contributed by atoms with van der Waals surface area (Å²) in [5, 5.41) is 32.8. The average Bonchev–Trinajstić information content (AvgIpc) is 2.56. The SMILES string of the molecule is C[C@H](NC(=O)OC(C)(C)C)C(=O)NC[C@@H]1CC[C@@H](CCB(O)O)C[C@]1(N)C(=O)O. The van der Waals surface area contributed by atoms with E-state index in [1.54, 1.807) is 20.8 Å². The summed E-state index contributed by atoms with van der Waals surface area (Å²) < 4.78 is 5.11. The van der Waals surface area contributed by atoms with Crippen LogP contribution in [0.25, 0.3) is 0 Å². The molecule has 0 saturated heterocycles. The Bertz CT molecular complexity index is 596. The number of carbonyl (C=O) groups is 3. The molecule has 1 saturated carbocycles. The van der Waals surface area contributed by atoms with Gasteiger partial charge in [-0.1, -0.05) is 6.42 Å². The van der Waals surface area contributed by atoms with Crippen LogP contribution in [0, 0.1) is 11.8 Å². The van der Waals surface area contributed by atoms with E-state index in [9.17, 15) is 19.5 Å². The average molecular weight is 415 g/mol. The maximum absolute atomic E-state index is 12.3. The number of nitrogens with one attached hydrogen (secondary N) is 2. The van der Waals surface area contributed by atoms with Gasteiger partial charge in [0.1, 0.15) is 17.2 Å². The molecule has 4 atom stereocenters. The Labute approximate surface area is 171 Å². The Kier molecular flexibility index (Phi) is 8.92. The zero-order chi connectivity index (χ0) is 22.4. The Balaban J connectivity index is 2.61. The summed E-state index contributed by atoms with van der Waals surface area (Å²) in [6.07, 6.45) is 1.29. The van der Waals surface area contributed by atoms with Gasteiger partial charge in [0.2, 0.25) is 5.91 Å². The van der Waals surface area contributed by atoms with E-state index in [1.807, 2.05) is 0 Å². The number of alkyl carbamates (subject to hydrolysis) is 1. The lowest BCUT2D eigenvalue weighted by Gasteiger charge is -2.41. The molecule has 0 aromatic carbocycles. The molecule has 0 aromatic rings. The lowest BCUT2D eigenvalue weighted by Crippen LogP contribution is -2.60. The van der Waals surface area contributed by atoms with Crippen LogP contribution < -0.4 is 16.4 Å². The monoisotopic (exact) mass is 415 g/mol. The highest BCUT2D eigenvalue weighted by molar-refractivity contribution is 6.40. The first-order valence-corrected chi connectivity index (χ1v) is 9.90. The standard InChI is InChI=1S/C18H34BN3O7/c1-11(22-16(26)29-17(2,3)4)14(23)21-10-13-6-5-12(7-8-19(27)28)9-18(13,20)15(24)25/h11-13,27-28H,5-10,20H2,1-4H3,(H,21,23)(H,22,26)(H,24,25)/t11-,12-,13-,18+/m0/s1. The number of carboxylic acids is 1. The molecule has 1 aliphatic carbocycles. The second kappa shape index (κ2) is 10.3. The molecule has 166 valence electrons. The summed E-state index contributed by atoms with van der Waals surface area (Å²) in [6.45, 7) is 6.70. The first kappa shape index (κ1) is 25.2. The minimum atomic E-state index is -1.52. The highest BCUT2D eigenvalue weighted by Crippen LogP contribution is 2.38. The van der Waals surface area contributed by atoms with Crippen molar-refractivity contribution in [1.82, 2.24) is 10.6 Å². The van der Waals surface area contributed by atoms with Crippen LogP contribution in [0.15, 0.2) is 0 Å². The summed E-state index contributed by atoms with van der Waals surface area (Å²) in [5.74, 6) is -2.12. The molecule has 1 rings (SSSR count). The molecule has 0 bridgehead atoms. The fourth-order valence-electron chi connectivity index (χ4n) is 3.54. The molecule has 0 spiro atoms. The molecule has 0 aromatic heterocycles. The van der Waals surface area contributed by atoms with Gasteiger partial charge in [0.15, 0.2) is 0 Å². The van der Waals surface area contributed by atoms with Crippen LogP contribution in [0.2, 0.25) is 6.32 Å².